The summed E-state index contributed by atoms with van der Waals surface area (Å²) in [6.07, 6.45) is 0.945. The van der Waals surface area contributed by atoms with Crippen LogP contribution in [0.2, 0.25) is 0 Å². The van der Waals surface area contributed by atoms with Crippen LogP contribution in [0.5, 0.6) is 0 Å². The maximum Gasteiger partial charge on any atom is 0.243 e. The average Bonchev–Trinajstić information content (AvgIpc) is 2.30. The molecule has 1 unspecified atom stereocenters. The highest BCUT2D eigenvalue weighted by atomic mass is 32.2. The Hall–Kier alpha value is -1.18. The minimum absolute atomic E-state index is 0.0160. The zero-order chi connectivity index (χ0) is 14.6. The highest BCUT2D eigenvalue weighted by molar-refractivity contribution is 7.89. The fourth-order valence-electron chi connectivity index (χ4n) is 1.74. The third kappa shape index (κ3) is 4.15. The van der Waals surface area contributed by atoms with Crippen molar-refractivity contribution in [2.45, 2.75) is 37.6 Å². The van der Waals surface area contributed by atoms with Crippen LogP contribution in [-0.2, 0) is 10.0 Å². The fraction of sp³-hybridized carbons (Fsp3) is 0.500. The van der Waals surface area contributed by atoms with Gasteiger partial charge >= 0.3 is 0 Å². The first kappa shape index (κ1) is 15.9. The van der Waals surface area contributed by atoms with E-state index in [2.05, 4.69) is 4.72 Å². The molecule has 4 N–H and O–H groups in total. The lowest BCUT2D eigenvalue weighted by molar-refractivity contribution is 0.279. The van der Waals surface area contributed by atoms with E-state index in [1.807, 2.05) is 0 Å². The molecule has 0 spiro atoms. The van der Waals surface area contributed by atoms with E-state index < -0.39 is 26.8 Å². The Morgan fingerprint density at radius 3 is 2.68 bits per heavy atom. The topological polar surface area (TPSA) is 92.4 Å². The lowest BCUT2D eigenvalue weighted by Gasteiger charge is -2.15. The molecule has 0 radical (unpaired) electrons. The summed E-state index contributed by atoms with van der Waals surface area (Å²) in [5, 5.41) is 8.69. The Kier molecular flexibility index (Phi) is 5.28. The standard InChI is InChI=1S/C12H19FN2O3S/c1-8-6-10(14)7-11(12(8)13)19(17,18)15-9(2)4-3-5-16/h6-7,9,15-16H,3-5,14H2,1-2H3. The minimum atomic E-state index is -3.95. The molecular formula is C12H19FN2O3S. The lowest BCUT2D eigenvalue weighted by atomic mass is 10.2. The number of anilines is 1. The first-order valence-electron chi connectivity index (χ1n) is 5.96. The van der Waals surface area contributed by atoms with Gasteiger partial charge in [0.15, 0.2) is 0 Å². The molecule has 0 fully saturated rings. The Morgan fingerprint density at radius 2 is 2.11 bits per heavy atom. The first-order valence-corrected chi connectivity index (χ1v) is 7.45. The number of aliphatic hydroxyl groups is 1. The van der Waals surface area contributed by atoms with Crippen molar-refractivity contribution < 1.29 is 17.9 Å². The molecule has 0 aliphatic heterocycles. The van der Waals surface area contributed by atoms with Crippen LogP contribution >= 0.6 is 0 Å². The van der Waals surface area contributed by atoms with E-state index in [0.717, 1.165) is 6.07 Å². The lowest BCUT2D eigenvalue weighted by Crippen LogP contribution is -2.33. The molecular weight excluding hydrogens is 271 g/mol. The summed E-state index contributed by atoms with van der Waals surface area (Å²) in [5.41, 5.74) is 5.92. The van der Waals surface area contributed by atoms with E-state index >= 15 is 0 Å². The zero-order valence-corrected chi connectivity index (χ0v) is 11.8. The molecule has 19 heavy (non-hydrogen) atoms. The Labute approximate surface area is 112 Å². The Morgan fingerprint density at radius 1 is 1.47 bits per heavy atom. The van der Waals surface area contributed by atoms with Gasteiger partial charge in [-0.25, -0.2) is 17.5 Å². The van der Waals surface area contributed by atoms with Gasteiger partial charge in [-0.05, 0) is 44.4 Å². The summed E-state index contributed by atoms with van der Waals surface area (Å²) < 4.78 is 40.4. The molecule has 7 heteroatoms. The van der Waals surface area contributed by atoms with Gasteiger partial charge in [0.25, 0.3) is 0 Å². The highest BCUT2D eigenvalue weighted by Gasteiger charge is 2.22. The number of halogens is 1. The zero-order valence-electron chi connectivity index (χ0n) is 11.0. The third-order valence-electron chi connectivity index (χ3n) is 2.68. The number of benzene rings is 1. The second-order valence-electron chi connectivity index (χ2n) is 4.54. The number of sulfonamides is 1. The van der Waals surface area contributed by atoms with Gasteiger partial charge in [0.1, 0.15) is 10.7 Å². The predicted octanol–water partition coefficient (Wildman–Crippen LogP) is 1.16. The molecule has 108 valence electrons. The second kappa shape index (κ2) is 6.31. The molecule has 1 atom stereocenters. The summed E-state index contributed by atoms with van der Waals surface area (Å²) in [7, 11) is -3.95. The average molecular weight is 290 g/mol. The summed E-state index contributed by atoms with van der Waals surface area (Å²) in [4.78, 5) is -0.444. The minimum Gasteiger partial charge on any atom is -0.399 e. The largest absolute Gasteiger partial charge is 0.399 e. The molecule has 0 aromatic heterocycles. The van der Waals surface area contributed by atoms with Crippen LogP contribution < -0.4 is 10.5 Å². The number of nitrogens with two attached hydrogens (primary N) is 1. The molecule has 1 rings (SSSR count). The number of nitrogens with one attached hydrogen (secondary N) is 1. The number of hydrogen-bond donors (Lipinski definition) is 3. The van der Waals surface area contributed by atoms with Crippen LogP contribution in [0.1, 0.15) is 25.3 Å². The number of rotatable bonds is 6. The van der Waals surface area contributed by atoms with Crippen molar-refractivity contribution in [3.8, 4) is 0 Å². The quantitative estimate of drug-likeness (QED) is 0.685. The van der Waals surface area contributed by atoms with Crippen molar-refractivity contribution in [1.29, 1.82) is 0 Å². The van der Waals surface area contributed by atoms with Crippen LogP contribution in [0.25, 0.3) is 0 Å². The van der Waals surface area contributed by atoms with E-state index in [0.29, 0.717) is 12.8 Å². The van der Waals surface area contributed by atoms with Gasteiger partial charge in [0.2, 0.25) is 10.0 Å². The monoisotopic (exact) mass is 290 g/mol. The van der Waals surface area contributed by atoms with Gasteiger partial charge < -0.3 is 10.8 Å². The summed E-state index contributed by atoms with van der Waals surface area (Å²) in [6, 6.07) is 2.09. The molecule has 0 heterocycles. The Balaban J connectivity index is 3.01. The molecule has 0 aliphatic rings. The van der Waals surface area contributed by atoms with Crippen LogP contribution in [0, 0.1) is 12.7 Å². The Bertz CT molecular complexity index is 546. The van der Waals surface area contributed by atoms with Gasteiger partial charge in [-0.1, -0.05) is 0 Å². The molecule has 0 saturated carbocycles. The second-order valence-corrected chi connectivity index (χ2v) is 6.22. The van der Waals surface area contributed by atoms with Crippen LogP contribution in [0.3, 0.4) is 0 Å². The third-order valence-corrected chi connectivity index (χ3v) is 4.27. The smallest absolute Gasteiger partial charge is 0.243 e. The number of aliphatic hydroxyl groups excluding tert-OH is 1. The summed E-state index contributed by atoms with van der Waals surface area (Å²) >= 11 is 0. The number of aryl methyl sites for hydroxylation is 1. The van der Waals surface area contributed by atoms with E-state index in [1.54, 1.807) is 6.92 Å². The highest BCUT2D eigenvalue weighted by Crippen LogP contribution is 2.21. The van der Waals surface area contributed by atoms with Gasteiger partial charge in [0.05, 0.1) is 0 Å². The van der Waals surface area contributed by atoms with Crippen LogP contribution in [0.4, 0.5) is 10.1 Å². The van der Waals surface area contributed by atoms with Crippen molar-refractivity contribution in [3.63, 3.8) is 0 Å². The SMILES string of the molecule is Cc1cc(N)cc(S(=O)(=O)NC(C)CCCO)c1F. The van der Waals surface area contributed by atoms with Gasteiger partial charge in [-0.3, -0.25) is 0 Å². The van der Waals surface area contributed by atoms with Crippen LogP contribution in [0.15, 0.2) is 17.0 Å². The van der Waals surface area contributed by atoms with E-state index in [-0.39, 0.29) is 17.9 Å². The maximum atomic E-state index is 13.9. The summed E-state index contributed by atoms with van der Waals surface area (Å²) in [5.74, 6) is -0.795. The fourth-order valence-corrected chi connectivity index (χ4v) is 3.21. The van der Waals surface area contributed by atoms with Crippen molar-refractivity contribution in [2.24, 2.45) is 0 Å². The normalized spacial score (nSPS) is 13.5. The molecule has 5 nitrogen and oxygen atoms in total. The number of nitrogen functional groups attached to an aromatic ring is 1. The first-order chi connectivity index (χ1) is 8.77. The van der Waals surface area contributed by atoms with Gasteiger partial charge in [-0.15, -0.1) is 0 Å². The molecule has 0 aliphatic carbocycles. The van der Waals surface area contributed by atoms with Crippen molar-refractivity contribution >= 4 is 15.7 Å². The molecule has 0 amide bonds. The van der Waals surface area contributed by atoms with Crippen molar-refractivity contribution in [1.82, 2.24) is 4.72 Å². The van der Waals surface area contributed by atoms with Gasteiger partial charge in [-0.2, -0.15) is 0 Å². The van der Waals surface area contributed by atoms with E-state index in [4.69, 9.17) is 10.8 Å². The van der Waals surface area contributed by atoms with Gasteiger partial charge in [0, 0.05) is 18.3 Å². The molecule has 1 aromatic carbocycles. The predicted molar refractivity (Wildman–Crippen MR) is 71.7 cm³/mol. The van der Waals surface area contributed by atoms with E-state index in [1.165, 1.54) is 13.0 Å². The molecule has 0 saturated heterocycles. The van der Waals surface area contributed by atoms with Crippen LogP contribution in [-0.4, -0.2) is 26.2 Å². The molecule has 0 bridgehead atoms. The summed E-state index contributed by atoms with van der Waals surface area (Å²) in [6.45, 7) is 3.10. The van der Waals surface area contributed by atoms with Crippen molar-refractivity contribution in [2.75, 3.05) is 12.3 Å². The maximum absolute atomic E-state index is 13.9. The number of hydrogen-bond acceptors (Lipinski definition) is 4. The van der Waals surface area contributed by atoms with Crippen molar-refractivity contribution in [3.05, 3.63) is 23.5 Å². The van der Waals surface area contributed by atoms with E-state index in [9.17, 15) is 12.8 Å². The molecule has 1 aromatic rings.